The molecule has 0 aliphatic carbocycles. The molecule has 0 spiro atoms. The van der Waals surface area contributed by atoms with Crippen LogP contribution in [0.1, 0.15) is 6.42 Å². The third-order valence-corrected chi connectivity index (χ3v) is 5.78. The Labute approximate surface area is 166 Å². The van der Waals surface area contributed by atoms with E-state index in [-0.39, 0.29) is 19.2 Å². The van der Waals surface area contributed by atoms with Crippen LogP contribution in [-0.2, 0) is 4.79 Å². The maximum Gasteiger partial charge on any atom is 0.312 e. The highest BCUT2D eigenvalue weighted by Gasteiger charge is 2.23. The van der Waals surface area contributed by atoms with Crippen molar-refractivity contribution in [3.63, 3.8) is 0 Å². The Morgan fingerprint density at radius 3 is 2.36 bits per heavy atom. The first-order chi connectivity index (χ1) is 13.8. The van der Waals surface area contributed by atoms with Crippen LogP contribution in [0.2, 0.25) is 0 Å². The van der Waals surface area contributed by atoms with Crippen LogP contribution in [-0.4, -0.2) is 19.3 Å². The number of rotatable bonds is 4. The zero-order chi connectivity index (χ0) is 18.9. The van der Waals surface area contributed by atoms with Crippen molar-refractivity contribution in [3.05, 3.63) is 66.7 Å². The van der Waals surface area contributed by atoms with Gasteiger partial charge in [0.1, 0.15) is 5.75 Å². The van der Waals surface area contributed by atoms with Crippen LogP contribution >= 0.6 is 11.8 Å². The summed E-state index contributed by atoms with van der Waals surface area (Å²) in [6.45, 7) is 0.733. The second kappa shape index (κ2) is 7.13. The molecule has 28 heavy (non-hydrogen) atoms. The number of ether oxygens (including phenoxy) is 3. The van der Waals surface area contributed by atoms with Crippen molar-refractivity contribution in [3.8, 4) is 17.2 Å². The van der Waals surface area contributed by atoms with Crippen molar-refractivity contribution < 1.29 is 19.0 Å². The summed E-state index contributed by atoms with van der Waals surface area (Å²) in [6, 6.07) is 21.6. The Morgan fingerprint density at radius 2 is 1.61 bits per heavy atom. The van der Waals surface area contributed by atoms with Crippen LogP contribution in [0.5, 0.6) is 17.2 Å². The number of hydrogen-bond acceptors (Lipinski definition) is 6. The van der Waals surface area contributed by atoms with Crippen molar-refractivity contribution in [1.29, 1.82) is 0 Å². The van der Waals surface area contributed by atoms with Crippen LogP contribution in [0.3, 0.4) is 0 Å². The largest absolute Gasteiger partial charge is 0.454 e. The molecule has 0 N–H and O–H groups in total. The highest BCUT2D eigenvalue weighted by molar-refractivity contribution is 7.99. The molecule has 0 bridgehead atoms. The molecule has 0 fully saturated rings. The summed E-state index contributed by atoms with van der Waals surface area (Å²) in [5.74, 6) is 1.44. The lowest BCUT2D eigenvalue weighted by molar-refractivity contribution is -0.134. The molecule has 3 aromatic carbocycles. The van der Waals surface area contributed by atoms with Gasteiger partial charge in [0.15, 0.2) is 11.5 Å². The number of nitrogens with zero attached hydrogens (tertiary/aromatic N) is 1. The zero-order valence-corrected chi connectivity index (χ0v) is 15.8. The monoisotopic (exact) mass is 391 g/mol. The smallest absolute Gasteiger partial charge is 0.312 e. The number of carbonyl (C=O) groups excluding carboxylic acids is 1. The summed E-state index contributed by atoms with van der Waals surface area (Å²) in [5.41, 5.74) is 2.23. The van der Waals surface area contributed by atoms with Crippen molar-refractivity contribution in [2.24, 2.45) is 0 Å². The molecule has 0 atom stereocenters. The molecule has 0 saturated carbocycles. The summed E-state index contributed by atoms with van der Waals surface area (Å²) in [4.78, 5) is 17.0. The number of anilines is 2. The van der Waals surface area contributed by atoms with E-state index in [1.807, 2.05) is 24.3 Å². The fourth-order valence-electron chi connectivity index (χ4n) is 3.35. The zero-order valence-electron chi connectivity index (χ0n) is 15.0. The van der Waals surface area contributed by atoms with Gasteiger partial charge in [0, 0.05) is 22.4 Å². The molecule has 140 valence electrons. The van der Waals surface area contributed by atoms with Gasteiger partial charge >= 0.3 is 5.97 Å². The van der Waals surface area contributed by atoms with Crippen LogP contribution < -0.4 is 19.1 Å². The normalized spacial score (nSPS) is 13.6. The average Bonchev–Trinajstić information content (AvgIpc) is 3.19. The molecule has 0 unspecified atom stereocenters. The number of benzene rings is 3. The standard InChI is InChI=1S/C22H17NO4S/c24-22(27-15-9-10-18-19(13-15)26-14-25-18)11-12-23-16-5-1-3-7-20(16)28-21-8-4-2-6-17(21)23/h1-10,13H,11-12,14H2. The van der Waals surface area contributed by atoms with Crippen LogP contribution in [0.15, 0.2) is 76.5 Å². The van der Waals surface area contributed by atoms with Gasteiger partial charge in [0.2, 0.25) is 6.79 Å². The third kappa shape index (κ3) is 3.16. The molecule has 0 aromatic heterocycles. The molecular formula is C22H17NO4S. The van der Waals surface area contributed by atoms with E-state index in [4.69, 9.17) is 14.2 Å². The maximum absolute atomic E-state index is 12.5. The van der Waals surface area contributed by atoms with E-state index < -0.39 is 0 Å². The van der Waals surface area contributed by atoms with Gasteiger partial charge in [-0.1, -0.05) is 36.0 Å². The van der Waals surface area contributed by atoms with Gasteiger partial charge in [0.25, 0.3) is 0 Å². The van der Waals surface area contributed by atoms with Gasteiger partial charge < -0.3 is 19.1 Å². The summed E-state index contributed by atoms with van der Waals surface area (Å²) in [6.07, 6.45) is 0.266. The Balaban J connectivity index is 1.32. The molecule has 5 rings (SSSR count). The van der Waals surface area contributed by atoms with E-state index in [0.29, 0.717) is 23.8 Å². The molecule has 5 nitrogen and oxygen atoms in total. The topological polar surface area (TPSA) is 48.0 Å². The number of para-hydroxylation sites is 2. The second-order valence-corrected chi connectivity index (χ2v) is 7.51. The predicted molar refractivity (Wildman–Crippen MR) is 107 cm³/mol. The average molecular weight is 391 g/mol. The number of hydrogen-bond donors (Lipinski definition) is 0. The first-order valence-electron chi connectivity index (χ1n) is 9.02. The van der Waals surface area contributed by atoms with Crippen LogP contribution in [0, 0.1) is 0 Å². The van der Waals surface area contributed by atoms with E-state index in [2.05, 4.69) is 29.2 Å². The van der Waals surface area contributed by atoms with E-state index in [1.54, 1.807) is 30.0 Å². The molecular weight excluding hydrogens is 374 g/mol. The first kappa shape index (κ1) is 17.0. The SMILES string of the molecule is O=C(CCN1c2ccccc2Sc2ccccc21)Oc1ccc2c(c1)OCO2. The summed E-state index contributed by atoms with van der Waals surface area (Å²) in [5, 5.41) is 0. The maximum atomic E-state index is 12.5. The fraction of sp³-hybridized carbons (Fsp3) is 0.136. The van der Waals surface area contributed by atoms with E-state index in [9.17, 15) is 4.79 Å². The predicted octanol–water partition coefficient (Wildman–Crippen LogP) is 5.01. The van der Waals surface area contributed by atoms with Gasteiger partial charge in [-0.3, -0.25) is 4.79 Å². The van der Waals surface area contributed by atoms with Gasteiger partial charge in [-0.15, -0.1) is 0 Å². The second-order valence-electron chi connectivity index (χ2n) is 6.43. The van der Waals surface area contributed by atoms with Crippen molar-refractivity contribution >= 4 is 29.1 Å². The van der Waals surface area contributed by atoms with Crippen molar-refractivity contribution in [2.45, 2.75) is 16.2 Å². The van der Waals surface area contributed by atoms with E-state index in [1.165, 1.54) is 9.79 Å². The minimum absolute atomic E-state index is 0.193. The number of fused-ring (bicyclic) bond motifs is 3. The molecule has 0 amide bonds. The van der Waals surface area contributed by atoms with Gasteiger partial charge in [-0.25, -0.2) is 0 Å². The number of carbonyl (C=O) groups is 1. The minimum atomic E-state index is -0.285. The lowest BCUT2D eigenvalue weighted by atomic mass is 10.2. The summed E-state index contributed by atoms with van der Waals surface area (Å²) >= 11 is 1.75. The van der Waals surface area contributed by atoms with Crippen molar-refractivity contribution in [1.82, 2.24) is 0 Å². The lowest BCUT2D eigenvalue weighted by Crippen LogP contribution is -2.25. The Morgan fingerprint density at radius 1 is 0.929 bits per heavy atom. The first-order valence-corrected chi connectivity index (χ1v) is 9.83. The summed E-state index contributed by atoms with van der Waals surface area (Å²) < 4.78 is 16.1. The quantitative estimate of drug-likeness (QED) is 0.460. The van der Waals surface area contributed by atoms with E-state index >= 15 is 0 Å². The van der Waals surface area contributed by atoms with Crippen molar-refractivity contribution in [2.75, 3.05) is 18.2 Å². The Hall–Kier alpha value is -3.12. The summed E-state index contributed by atoms with van der Waals surface area (Å²) in [7, 11) is 0. The number of esters is 1. The Bertz CT molecular complexity index is 1010. The molecule has 2 aliphatic rings. The highest BCUT2D eigenvalue weighted by Crippen LogP contribution is 2.47. The highest BCUT2D eigenvalue weighted by atomic mass is 32.2. The molecule has 2 heterocycles. The van der Waals surface area contributed by atoms with E-state index in [0.717, 1.165) is 11.4 Å². The Kier molecular flexibility index (Phi) is 4.33. The van der Waals surface area contributed by atoms with Crippen LogP contribution in [0.25, 0.3) is 0 Å². The van der Waals surface area contributed by atoms with Gasteiger partial charge in [-0.2, -0.15) is 0 Å². The van der Waals surface area contributed by atoms with Crippen LogP contribution in [0.4, 0.5) is 11.4 Å². The van der Waals surface area contributed by atoms with Gasteiger partial charge in [-0.05, 0) is 36.4 Å². The minimum Gasteiger partial charge on any atom is -0.454 e. The molecule has 2 aliphatic heterocycles. The fourth-order valence-corrected chi connectivity index (χ4v) is 4.44. The third-order valence-electron chi connectivity index (χ3n) is 4.65. The molecule has 0 saturated heterocycles. The lowest BCUT2D eigenvalue weighted by Gasteiger charge is -2.32. The molecule has 3 aromatic rings. The molecule has 6 heteroatoms. The van der Waals surface area contributed by atoms with Gasteiger partial charge in [0.05, 0.1) is 17.8 Å². The molecule has 0 radical (unpaired) electrons.